The lowest BCUT2D eigenvalue weighted by Gasteiger charge is -2.20. The molecule has 1 fully saturated rings. The molecule has 2 aromatic rings. The molecule has 3 rings (SSSR count). The number of β-amino-alcohol motifs (C(OH)–C–C–N with tert-alkyl or cyclic N) is 1. The quantitative estimate of drug-likeness (QED) is 0.789. The summed E-state index contributed by atoms with van der Waals surface area (Å²) in [6.45, 7) is 2.49. The molecule has 25 heavy (non-hydrogen) atoms. The number of rotatable bonds is 7. The highest BCUT2D eigenvalue weighted by Gasteiger charge is 2.25. The maximum absolute atomic E-state index is 10.2. The molecule has 0 aromatic heterocycles. The number of halogens is 2. The van der Waals surface area contributed by atoms with Crippen molar-refractivity contribution in [2.45, 2.75) is 18.6 Å². The van der Waals surface area contributed by atoms with Crippen molar-refractivity contribution in [1.82, 2.24) is 4.90 Å². The Kier molecular flexibility index (Phi) is 6.43. The van der Waals surface area contributed by atoms with Crippen LogP contribution in [-0.4, -0.2) is 48.5 Å². The van der Waals surface area contributed by atoms with Crippen LogP contribution in [0, 0.1) is 0 Å². The molecule has 2 aromatic carbocycles. The Bertz CT molecular complexity index is 684. The van der Waals surface area contributed by atoms with Crippen LogP contribution in [0.4, 0.5) is 0 Å². The van der Waals surface area contributed by atoms with Gasteiger partial charge < -0.3 is 14.6 Å². The summed E-state index contributed by atoms with van der Waals surface area (Å²) in [6, 6.07) is 14.8. The maximum Gasteiger partial charge on any atom is 0.121 e. The molecule has 2 atom stereocenters. The SMILES string of the molecule is OC(COc1ccccc1)CN1CCC(Oc2ccc(Cl)c(Cl)c2)C1. The Morgan fingerprint density at radius 1 is 1.08 bits per heavy atom. The molecular weight excluding hydrogens is 361 g/mol. The zero-order valence-corrected chi connectivity index (χ0v) is 15.3. The third kappa shape index (κ3) is 5.51. The first-order valence-corrected chi connectivity index (χ1v) is 9.06. The van der Waals surface area contributed by atoms with Gasteiger partial charge >= 0.3 is 0 Å². The van der Waals surface area contributed by atoms with Gasteiger partial charge in [-0.25, -0.2) is 0 Å². The molecule has 0 saturated carbocycles. The fourth-order valence-electron chi connectivity index (χ4n) is 2.86. The number of aliphatic hydroxyl groups is 1. The largest absolute Gasteiger partial charge is 0.491 e. The van der Waals surface area contributed by atoms with E-state index in [4.69, 9.17) is 32.7 Å². The average Bonchev–Trinajstić information content (AvgIpc) is 3.04. The lowest BCUT2D eigenvalue weighted by atomic mass is 10.3. The van der Waals surface area contributed by atoms with Crippen molar-refractivity contribution in [3.8, 4) is 11.5 Å². The Balaban J connectivity index is 1.42. The van der Waals surface area contributed by atoms with E-state index in [2.05, 4.69) is 4.90 Å². The Morgan fingerprint density at radius 3 is 2.64 bits per heavy atom. The predicted octanol–water partition coefficient (Wildman–Crippen LogP) is 3.89. The molecule has 4 nitrogen and oxygen atoms in total. The molecule has 1 aliphatic heterocycles. The van der Waals surface area contributed by atoms with Gasteiger partial charge in [-0.3, -0.25) is 4.90 Å². The van der Waals surface area contributed by atoms with Crippen molar-refractivity contribution in [1.29, 1.82) is 0 Å². The maximum atomic E-state index is 10.2. The summed E-state index contributed by atoms with van der Waals surface area (Å²) in [5.74, 6) is 1.48. The molecule has 0 aliphatic carbocycles. The molecular formula is C19H21Cl2NO3. The van der Waals surface area contributed by atoms with Gasteiger partial charge in [0.25, 0.3) is 0 Å². The van der Waals surface area contributed by atoms with Crippen molar-refractivity contribution in [3.63, 3.8) is 0 Å². The van der Waals surface area contributed by atoms with E-state index in [-0.39, 0.29) is 12.7 Å². The molecule has 1 N–H and O–H groups in total. The third-order valence-corrected chi connectivity index (χ3v) is 4.82. The number of hydrogen-bond donors (Lipinski definition) is 1. The summed E-state index contributed by atoms with van der Waals surface area (Å²) in [5, 5.41) is 11.2. The predicted molar refractivity (Wildman–Crippen MR) is 99.9 cm³/mol. The topological polar surface area (TPSA) is 41.9 Å². The van der Waals surface area contributed by atoms with E-state index in [0.717, 1.165) is 25.3 Å². The van der Waals surface area contributed by atoms with Crippen LogP contribution in [-0.2, 0) is 0 Å². The first-order chi connectivity index (χ1) is 12.1. The second-order valence-corrected chi connectivity index (χ2v) is 6.96. The van der Waals surface area contributed by atoms with E-state index in [0.29, 0.717) is 22.3 Å². The Labute approximate surface area is 157 Å². The fraction of sp³-hybridized carbons (Fsp3) is 0.368. The van der Waals surface area contributed by atoms with Gasteiger partial charge in [-0.15, -0.1) is 0 Å². The van der Waals surface area contributed by atoms with Crippen LogP contribution in [0.2, 0.25) is 10.0 Å². The molecule has 134 valence electrons. The number of likely N-dealkylation sites (tertiary alicyclic amines) is 1. The van der Waals surface area contributed by atoms with E-state index < -0.39 is 6.10 Å². The van der Waals surface area contributed by atoms with Crippen molar-refractivity contribution in [3.05, 3.63) is 58.6 Å². The molecule has 1 saturated heterocycles. The van der Waals surface area contributed by atoms with Gasteiger partial charge in [0.05, 0.1) is 10.0 Å². The highest BCUT2D eigenvalue weighted by Crippen LogP contribution is 2.28. The first-order valence-electron chi connectivity index (χ1n) is 8.30. The standard InChI is InChI=1S/C19H21Cl2NO3/c20-18-7-6-16(10-19(18)21)25-17-8-9-22(12-17)11-14(23)13-24-15-4-2-1-3-5-15/h1-7,10,14,17,23H,8-9,11-13H2. The summed E-state index contributed by atoms with van der Waals surface area (Å²) in [7, 11) is 0. The summed E-state index contributed by atoms with van der Waals surface area (Å²) < 4.78 is 11.5. The minimum Gasteiger partial charge on any atom is -0.491 e. The number of para-hydroxylation sites is 1. The lowest BCUT2D eigenvalue weighted by Crippen LogP contribution is -2.35. The average molecular weight is 382 g/mol. The van der Waals surface area contributed by atoms with Crippen LogP contribution in [0.3, 0.4) is 0 Å². The Hall–Kier alpha value is -1.46. The van der Waals surface area contributed by atoms with Gasteiger partial charge in [0.15, 0.2) is 0 Å². The monoisotopic (exact) mass is 381 g/mol. The molecule has 0 amide bonds. The molecule has 1 aliphatic rings. The summed E-state index contributed by atoms with van der Waals surface area (Å²) >= 11 is 11.9. The summed E-state index contributed by atoms with van der Waals surface area (Å²) in [4.78, 5) is 2.18. The number of benzene rings is 2. The minimum atomic E-state index is -0.538. The van der Waals surface area contributed by atoms with Crippen molar-refractivity contribution < 1.29 is 14.6 Å². The van der Waals surface area contributed by atoms with Gasteiger partial charge in [-0.05, 0) is 30.7 Å². The number of aliphatic hydroxyl groups excluding tert-OH is 1. The highest BCUT2D eigenvalue weighted by molar-refractivity contribution is 6.42. The van der Waals surface area contributed by atoms with Crippen molar-refractivity contribution in [2.75, 3.05) is 26.2 Å². The van der Waals surface area contributed by atoms with E-state index >= 15 is 0 Å². The number of hydrogen-bond acceptors (Lipinski definition) is 4. The van der Waals surface area contributed by atoms with E-state index in [1.54, 1.807) is 12.1 Å². The molecule has 0 bridgehead atoms. The fourth-order valence-corrected chi connectivity index (χ4v) is 3.15. The smallest absolute Gasteiger partial charge is 0.121 e. The molecule has 0 spiro atoms. The van der Waals surface area contributed by atoms with Crippen LogP contribution in [0.15, 0.2) is 48.5 Å². The zero-order valence-electron chi connectivity index (χ0n) is 13.8. The van der Waals surface area contributed by atoms with E-state index in [9.17, 15) is 5.11 Å². The zero-order chi connectivity index (χ0) is 17.6. The first kappa shape index (κ1) is 18.3. The second-order valence-electron chi connectivity index (χ2n) is 6.14. The Morgan fingerprint density at radius 2 is 1.88 bits per heavy atom. The molecule has 6 heteroatoms. The van der Waals surface area contributed by atoms with Crippen LogP contribution in [0.25, 0.3) is 0 Å². The second kappa shape index (κ2) is 8.77. The lowest BCUT2D eigenvalue weighted by molar-refractivity contribution is 0.0720. The normalized spacial score (nSPS) is 18.9. The van der Waals surface area contributed by atoms with Crippen LogP contribution < -0.4 is 9.47 Å². The third-order valence-electron chi connectivity index (χ3n) is 4.08. The summed E-state index contributed by atoms with van der Waals surface area (Å²) in [6.07, 6.45) is 0.454. The van der Waals surface area contributed by atoms with E-state index in [1.165, 1.54) is 0 Å². The van der Waals surface area contributed by atoms with E-state index in [1.807, 2.05) is 36.4 Å². The van der Waals surface area contributed by atoms with Crippen LogP contribution >= 0.6 is 23.2 Å². The highest BCUT2D eigenvalue weighted by atomic mass is 35.5. The van der Waals surface area contributed by atoms with Crippen molar-refractivity contribution >= 4 is 23.2 Å². The molecule has 2 unspecified atom stereocenters. The van der Waals surface area contributed by atoms with Gasteiger partial charge in [0.2, 0.25) is 0 Å². The van der Waals surface area contributed by atoms with Gasteiger partial charge in [0.1, 0.15) is 30.3 Å². The van der Waals surface area contributed by atoms with Gasteiger partial charge in [-0.1, -0.05) is 41.4 Å². The summed E-state index contributed by atoms with van der Waals surface area (Å²) in [5.41, 5.74) is 0. The molecule has 1 heterocycles. The van der Waals surface area contributed by atoms with Crippen LogP contribution in [0.5, 0.6) is 11.5 Å². The van der Waals surface area contributed by atoms with Crippen LogP contribution in [0.1, 0.15) is 6.42 Å². The number of nitrogens with zero attached hydrogens (tertiary/aromatic N) is 1. The number of ether oxygens (including phenoxy) is 2. The molecule has 0 radical (unpaired) electrons. The van der Waals surface area contributed by atoms with Crippen molar-refractivity contribution in [2.24, 2.45) is 0 Å². The van der Waals surface area contributed by atoms with Gasteiger partial charge in [-0.2, -0.15) is 0 Å². The van der Waals surface area contributed by atoms with Gasteiger partial charge in [0, 0.05) is 25.7 Å². The minimum absolute atomic E-state index is 0.0829.